The Kier molecular flexibility index (Phi) is 3.92. The highest BCUT2D eigenvalue weighted by atomic mass is 16.5. The molecule has 104 valence electrons. The van der Waals surface area contributed by atoms with Gasteiger partial charge in [-0.05, 0) is 50.9 Å². The average molecular weight is 254 g/mol. The van der Waals surface area contributed by atoms with E-state index in [1.54, 1.807) is 0 Å². The van der Waals surface area contributed by atoms with E-state index >= 15 is 0 Å². The van der Waals surface area contributed by atoms with E-state index in [9.17, 15) is 5.11 Å². The lowest BCUT2D eigenvalue weighted by molar-refractivity contribution is -0.117. The summed E-state index contributed by atoms with van der Waals surface area (Å²) in [6.45, 7) is 1.72. The third-order valence-corrected chi connectivity index (χ3v) is 5.12. The highest BCUT2D eigenvalue weighted by Gasteiger charge is 2.42. The molecule has 0 amide bonds. The molecule has 18 heavy (non-hydrogen) atoms. The number of aliphatic hydroxyl groups excluding tert-OH is 1. The first-order chi connectivity index (χ1) is 8.77. The predicted octanol–water partition coefficient (Wildman–Crippen LogP) is 2.66. The summed E-state index contributed by atoms with van der Waals surface area (Å²) in [7, 11) is 0. The van der Waals surface area contributed by atoms with Crippen molar-refractivity contribution in [1.29, 1.82) is 0 Å². The number of rotatable bonds is 3. The minimum atomic E-state index is -0.186. The lowest BCUT2D eigenvalue weighted by atomic mass is 9.80. The Hall–Kier alpha value is -0.120. The summed E-state index contributed by atoms with van der Waals surface area (Å²) >= 11 is 0. The zero-order valence-corrected chi connectivity index (χ0v) is 11.3. The Morgan fingerprint density at radius 2 is 1.94 bits per heavy atom. The van der Waals surface area contributed by atoms with Crippen LogP contribution >= 0.6 is 0 Å². The maximum absolute atomic E-state index is 10.4. The van der Waals surface area contributed by atoms with Crippen LogP contribution in [0.4, 0.5) is 0 Å². The molecule has 0 bridgehead atoms. The minimum absolute atomic E-state index is 0.125. The van der Waals surface area contributed by atoms with Gasteiger partial charge in [-0.15, -0.1) is 0 Å². The summed E-state index contributed by atoms with van der Waals surface area (Å²) in [5.74, 6) is 0.432. The Bertz CT molecular complexity index is 267. The van der Waals surface area contributed by atoms with Gasteiger partial charge in [0.15, 0.2) is 0 Å². The number of ether oxygens (including phenoxy) is 2. The van der Waals surface area contributed by atoms with Crippen LogP contribution in [0, 0.1) is 5.92 Å². The molecule has 0 aromatic rings. The molecule has 0 radical (unpaired) electrons. The second kappa shape index (κ2) is 5.48. The Balaban J connectivity index is 1.54. The van der Waals surface area contributed by atoms with Crippen molar-refractivity contribution < 1.29 is 14.6 Å². The van der Waals surface area contributed by atoms with Gasteiger partial charge in [-0.2, -0.15) is 0 Å². The third-order valence-electron chi connectivity index (χ3n) is 5.12. The van der Waals surface area contributed by atoms with Gasteiger partial charge < -0.3 is 14.6 Å². The molecular formula is C15H26O3. The Morgan fingerprint density at radius 3 is 2.67 bits per heavy atom. The van der Waals surface area contributed by atoms with Crippen molar-refractivity contribution in [3.63, 3.8) is 0 Å². The fourth-order valence-corrected chi connectivity index (χ4v) is 4.05. The van der Waals surface area contributed by atoms with Crippen LogP contribution in [0.2, 0.25) is 0 Å². The van der Waals surface area contributed by atoms with Gasteiger partial charge >= 0.3 is 0 Å². The Labute approximate surface area is 110 Å². The first-order valence-electron chi connectivity index (χ1n) is 7.71. The minimum Gasteiger partial charge on any atom is -0.393 e. The highest BCUT2D eigenvalue weighted by Crippen LogP contribution is 2.43. The summed E-state index contributed by atoms with van der Waals surface area (Å²) in [6.07, 6.45) is 10.4. The fraction of sp³-hybridized carbons (Fsp3) is 1.00. The van der Waals surface area contributed by atoms with Crippen molar-refractivity contribution in [3.05, 3.63) is 0 Å². The molecule has 3 rings (SSSR count). The van der Waals surface area contributed by atoms with E-state index in [1.165, 1.54) is 25.7 Å². The van der Waals surface area contributed by atoms with E-state index in [0.717, 1.165) is 45.3 Å². The summed E-state index contributed by atoms with van der Waals surface area (Å²) in [6, 6.07) is 0. The molecular weight excluding hydrogens is 228 g/mol. The maximum Gasteiger partial charge on any atom is 0.0686 e. The van der Waals surface area contributed by atoms with Gasteiger partial charge in [0.1, 0.15) is 0 Å². The van der Waals surface area contributed by atoms with Gasteiger partial charge in [0.2, 0.25) is 0 Å². The molecule has 1 aliphatic carbocycles. The molecule has 0 aromatic heterocycles. The van der Waals surface area contributed by atoms with E-state index in [4.69, 9.17) is 9.47 Å². The molecule has 1 saturated carbocycles. The molecule has 1 N–H and O–H groups in total. The summed E-state index contributed by atoms with van der Waals surface area (Å²) in [4.78, 5) is 0. The van der Waals surface area contributed by atoms with Gasteiger partial charge in [0, 0.05) is 13.2 Å². The molecule has 3 heteroatoms. The van der Waals surface area contributed by atoms with Gasteiger partial charge in [0.25, 0.3) is 0 Å². The van der Waals surface area contributed by atoms with E-state index < -0.39 is 0 Å². The second-order valence-corrected chi connectivity index (χ2v) is 6.43. The number of hydrogen-bond acceptors (Lipinski definition) is 3. The summed E-state index contributed by atoms with van der Waals surface area (Å²) in [5.41, 5.74) is 0.125. The van der Waals surface area contributed by atoms with Gasteiger partial charge in [-0.3, -0.25) is 0 Å². The van der Waals surface area contributed by atoms with Gasteiger partial charge in [-0.1, -0.05) is 12.8 Å². The van der Waals surface area contributed by atoms with E-state index in [2.05, 4.69) is 0 Å². The smallest absolute Gasteiger partial charge is 0.0686 e. The zero-order valence-electron chi connectivity index (χ0n) is 11.3. The standard InChI is InChI=1S/C15H26O3/c16-14(10-13-4-3-8-17-13)12-5-9-18-15(11-12)6-1-2-7-15/h12-14,16H,1-11H2. The van der Waals surface area contributed by atoms with Crippen molar-refractivity contribution in [2.24, 2.45) is 5.92 Å². The molecule has 2 saturated heterocycles. The van der Waals surface area contributed by atoms with Gasteiger partial charge in [-0.25, -0.2) is 0 Å². The highest BCUT2D eigenvalue weighted by molar-refractivity contribution is 4.93. The van der Waals surface area contributed by atoms with Crippen molar-refractivity contribution >= 4 is 0 Å². The van der Waals surface area contributed by atoms with E-state index in [1.807, 2.05) is 0 Å². The largest absolute Gasteiger partial charge is 0.393 e. The molecule has 0 aromatic carbocycles. The number of aliphatic hydroxyl groups is 1. The fourth-order valence-electron chi connectivity index (χ4n) is 4.05. The number of hydrogen-bond donors (Lipinski definition) is 1. The molecule has 3 aliphatic rings. The molecule has 3 atom stereocenters. The van der Waals surface area contributed by atoms with Crippen LogP contribution in [0.3, 0.4) is 0 Å². The quantitative estimate of drug-likeness (QED) is 0.841. The molecule has 2 heterocycles. The van der Waals surface area contributed by atoms with E-state index in [-0.39, 0.29) is 11.7 Å². The second-order valence-electron chi connectivity index (χ2n) is 6.43. The molecule has 3 nitrogen and oxygen atoms in total. The van der Waals surface area contributed by atoms with Crippen molar-refractivity contribution in [2.45, 2.75) is 75.6 Å². The van der Waals surface area contributed by atoms with Crippen LogP contribution in [-0.2, 0) is 9.47 Å². The topological polar surface area (TPSA) is 38.7 Å². The zero-order chi connectivity index (χ0) is 12.4. The summed E-state index contributed by atoms with van der Waals surface area (Å²) in [5, 5.41) is 10.4. The maximum atomic E-state index is 10.4. The van der Waals surface area contributed by atoms with Crippen LogP contribution in [0.1, 0.15) is 57.8 Å². The molecule has 1 spiro atoms. The van der Waals surface area contributed by atoms with Crippen LogP contribution in [-0.4, -0.2) is 36.1 Å². The van der Waals surface area contributed by atoms with Crippen molar-refractivity contribution in [1.82, 2.24) is 0 Å². The predicted molar refractivity (Wildman–Crippen MR) is 69.5 cm³/mol. The Morgan fingerprint density at radius 1 is 1.11 bits per heavy atom. The average Bonchev–Trinajstić information content (AvgIpc) is 3.02. The molecule has 2 aliphatic heterocycles. The van der Waals surface area contributed by atoms with Crippen LogP contribution < -0.4 is 0 Å². The third kappa shape index (κ3) is 2.73. The van der Waals surface area contributed by atoms with Crippen LogP contribution in [0.15, 0.2) is 0 Å². The lowest BCUT2D eigenvalue weighted by Crippen LogP contribution is -2.41. The monoisotopic (exact) mass is 254 g/mol. The van der Waals surface area contributed by atoms with Crippen LogP contribution in [0.5, 0.6) is 0 Å². The first kappa shape index (κ1) is 12.9. The lowest BCUT2D eigenvalue weighted by Gasteiger charge is -2.40. The normalized spacial score (nSPS) is 37.2. The van der Waals surface area contributed by atoms with Crippen molar-refractivity contribution in [3.8, 4) is 0 Å². The first-order valence-corrected chi connectivity index (χ1v) is 7.71. The van der Waals surface area contributed by atoms with Crippen molar-refractivity contribution in [2.75, 3.05) is 13.2 Å². The molecule has 3 unspecified atom stereocenters. The van der Waals surface area contributed by atoms with Crippen LogP contribution in [0.25, 0.3) is 0 Å². The van der Waals surface area contributed by atoms with E-state index in [0.29, 0.717) is 12.0 Å². The van der Waals surface area contributed by atoms with Gasteiger partial charge in [0.05, 0.1) is 17.8 Å². The molecule has 3 fully saturated rings. The SMILES string of the molecule is OC(CC1CCCO1)C1CCOC2(CCCC2)C1. The summed E-state index contributed by atoms with van der Waals surface area (Å²) < 4.78 is 11.7.